The summed E-state index contributed by atoms with van der Waals surface area (Å²) in [7, 11) is 0. The third kappa shape index (κ3) is 3.74. The number of aryl methyl sites for hydroxylation is 3. The van der Waals surface area contributed by atoms with Crippen LogP contribution in [0.4, 0.5) is 0 Å². The van der Waals surface area contributed by atoms with E-state index in [9.17, 15) is 4.79 Å². The molecule has 0 bridgehead atoms. The lowest BCUT2D eigenvalue weighted by molar-refractivity contribution is 0.0383. The molecule has 0 saturated carbocycles. The third-order valence-electron chi connectivity index (χ3n) is 4.44. The Morgan fingerprint density at radius 1 is 1.21 bits per heavy atom. The number of morpholine rings is 1. The van der Waals surface area contributed by atoms with Gasteiger partial charge in [0.2, 0.25) is 0 Å². The first kappa shape index (κ1) is 16.9. The number of nitrogens with one attached hydrogen (secondary N) is 1. The molecule has 1 aliphatic rings. The average Bonchev–Trinajstić information content (AvgIpc) is 2.56. The lowest BCUT2D eigenvalue weighted by Gasteiger charge is -2.26. The number of amides is 1. The highest BCUT2D eigenvalue weighted by atomic mass is 16.5. The Morgan fingerprint density at radius 2 is 1.96 bits per heavy atom. The zero-order valence-electron chi connectivity index (χ0n) is 14.7. The molecule has 2 aromatic rings. The van der Waals surface area contributed by atoms with E-state index in [-0.39, 0.29) is 5.91 Å². The summed E-state index contributed by atoms with van der Waals surface area (Å²) >= 11 is 0. The number of pyridine rings is 1. The number of carbonyl (C=O) groups is 1. The Hall–Kier alpha value is -1.98. The summed E-state index contributed by atoms with van der Waals surface area (Å²) in [4.78, 5) is 19.6. The maximum absolute atomic E-state index is 12.7. The summed E-state index contributed by atoms with van der Waals surface area (Å²) in [5, 5.41) is 3.99. The van der Waals surface area contributed by atoms with Crippen molar-refractivity contribution in [2.75, 3.05) is 39.4 Å². The number of carbonyl (C=O) groups excluding carboxylic acids is 1. The van der Waals surface area contributed by atoms with E-state index in [1.165, 1.54) is 0 Å². The summed E-state index contributed by atoms with van der Waals surface area (Å²) in [6, 6.07) is 6.03. The van der Waals surface area contributed by atoms with Crippen molar-refractivity contribution >= 4 is 16.8 Å². The summed E-state index contributed by atoms with van der Waals surface area (Å²) < 4.78 is 5.34. The Morgan fingerprint density at radius 3 is 2.71 bits per heavy atom. The molecule has 24 heavy (non-hydrogen) atoms. The second-order valence-corrected chi connectivity index (χ2v) is 6.50. The zero-order chi connectivity index (χ0) is 17.1. The topological polar surface area (TPSA) is 54.5 Å². The average molecular weight is 327 g/mol. The molecule has 0 unspecified atom stereocenters. The highest BCUT2D eigenvalue weighted by Crippen LogP contribution is 2.23. The molecule has 1 fully saturated rings. The van der Waals surface area contributed by atoms with Gasteiger partial charge in [0.05, 0.1) is 24.3 Å². The molecule has 5 heteroatoms. The van der Waals surface area contributed by atoms with Gasteiger partial charge in [0.15, 0.2) is 0 Å². The van der Waals surface area contributed by atoms with Gasteiger partial charge in [-0.3, -0.25) is 14.7 Å². The van der Waals surface area contributed by atoms with Crippen LogP contribution >= 0.6 is 0 Å². The van der Waals surface area contributed by atoms with Crippen molar-refractivity contribution in [1.29, 1.82) is 0 Å². The molecule has 1 aromatic carbocycles. The number of fused-ring (bicyclic) bond motifs is 1. The molecule has 128 valence electrons. The van der Waals surface area contributed by atoms with E-state index in [4.69, 9.17) is 4.74 Å². The van der Waals surface area contributed by atoms with Crippen LogP contribution in [-0.2, 0) is 4.74 Å². The predicted octanol–water partition coefficient (Wildman–Crippen LogP) is 2.22. The van der Waals surface area contributed by atoms with Crippen LogP contribution in [0.15, 0.2) is 18.2 Å². The largest absolute Gasteiger partial charge is 0.379 e. The van der Waals surface area contributed by atoms with Gasteiger partial charge in [-0.25, -0.2) is 0 Å². The predicted molar refractivity (Wildman–Crippen MR) is 95.5 cm³/mol. The molecule has 1 aromatic heterocycles. The normalized spacial score (nSPS) is 15.6. The zero-order valence-corrected chi connectivity index (χ0v) is 14.7. The van der Waals surface area contributed by atoms with E-state index < -0.39 is 0 Å². The van der Waals surface area contributed by atoms with E-state index >= 15 is 0 Å². The molecule has 0 radical (unpaired) electrons. The Labute approximate surface area is 143 Å². The number of hydrogen-bond donors (Lipinski definition) is 1. The molecule has 1 amide bonds. The second kappa shape index (κ2) is 7.28. The molecule has 0 spiro atoms. The van der Waals surface area contributed by atoms with Crippen molar-refractivity contribution in [3.63, 3.8) is 0 Å². The second-order valence-electron chi connectivity index (χ2n) is 6.50. The van der Waals surface area contributed by atoms with Crippen LogP contribution in [0, 0.1) is 20.8 Å². The van der Waals surface area contributed by atoms with Crippen LogP contribution in [0.3, 0.4) is 0 Å². The minimum atomic E-state index is -0.0243. The van der Waals surface area contributed by atoms with Crippen molar-refractivity contribution in [3.8, 4) is 0 Å². The van der Waals surface area contributed by atoms with Crippen LogP contribution in [0.25, 0.3) is 10.9 Å². The fourth-order valence-corrected chi connectivity index (χ4v) is 3.24. The maximum atomic E-state index is 12.7. The maximum Gasteiger partial charge on any atom is 0.252 e. The molecule has 1 aliphatic heterocycles. The number of ether oxygens (including phenoxy) is 1. The molecule has 5 nitrogen and oxygen atoms in total. The van der Waals surface area contributed by atoms with Crippen molar-refractivity contribution < 1.29 is 9.53 Å². The SMILES string of the molecule is Cc1cc(C)c2nc(C)cc(C(=O)NCCN3CCOCC3)c2c1. The van der Waals surface area contributed by atoms with Gasteiger partial charge in [0.1, 0.15) is 0 Å². The fourth-order valence-electron chi connectivity index (χ4n) is 3.24. The number of nitrogens with zero attached hydrogens (tertiary/aromatic N) is 2. The molecule has 0 aliphatic carbocycles. The Bertz CT molecular complexity index is 752. The standard InChI is InChI=1S/C19H25N3O2/c1-13-10-14(2)18-16(11-13)17(12-15(3)21-18)19(23)20-4-5-22-6-8-24-9-7-22/h10-12H,4-9H2,1-3H3,(H,20,23). The first-order chi connectivity index (χ1) is 11.5. The lowest BCUT2D eigenvalue weighted by atomic mass is 10.0. The van der Waals surface area contributed by atoms with Gasteiger partial charge >= 0.3 is 0 Å². The fraction of sp³-hybridized carbons (Fsp3) is 0.474. The van der Waals surface area contributed by atoms with Crippen LogP contribution in [0.1, 0.15) is 27.2 Å². The molecule has 3 rings (SSSR count). The molecule has 1 saturated heterocycles. The summed E-state index contributed by atoms with van der Waals surface area (Å²) in [5.74, 6) is -0.0243. The lowest BCUT2D eigenvalue weighted by Crippen LogP contribution is -2.41. The van der Waals surface area contributed by atoms with Gasteiger partial charge in [-0.2, -0.15) is 0 Å². The highest BCUT2D eigenvalue weighted by Gasteiger charge is 2.15. The van der Waals surface area contributed by atoms with Crippen LogP contribution < -0.4 is 5.32 Å². The van der Waals surface area contributed by atoms with E-state index in [0.29, 0.717) is 12.1 Å². The van der Waals surface area contributed by atoms with E-state index in [1.807, 2.05) is 32.9 Å². The van der Waals surface area contributed by atoms with Crippen LogP contribution in [-0.4, -0.2) is 55.2 Å². The first-order valence-electron chi connectivity index (χ1n) is 8.51. The number of rotatable bonds is 4. The van der Waals surface area contributed by atoms with Crippen LogP contribution in [0.5, 0.6) is 0 Å². The minimum absolute atomic E-state index is 0.0243. The summed E-state index contributed by atoms with van der Waals surface area (Å²) in [6.07, 6.45) is 0. The van der Waals surface area contributed by atoms with E-state index in [2.05, 4.69) is 21.3 Å². The van der Waals surface area contributed by atoms with Gasteiger partial charge in [-0.1, -0.05) is 11.6 Å². The van der Waals surface area contributed by atoms with Gasteiger partial charge in [-0.15, -0.1) is 0 Å². The molecular formula is C19H25N3O2. The van der Waals surface area contributed by atoms with Crippen molar-refractivity contribution in [2.45, 2.75) is 20.8 Å². The van der Waals surface area contributed by atoms with Crippen LogP contribution in [0.2, 0.25) is 0 Å². The molecule has 2 heterocycles. The van der Waals surface area contributed by atoms with Gasteiger partial charge in [-0.05, 0) is 38.5 Å². The molecule has 1 N–H and O–H groups in total. The summed E-state index contributed by atoms with van der Waals surface area (Å²) in [5.41, 5.74) is 4.75. The van der Waals surface area contributed by atoms with Gasteiger partial charge in [0, 0.05) is 37.3 Å². The highest BCUT2D eigenvalue weighted by molar-refractivity contribution is 6.07. The number of hydrogen-bond acceptors (Lipinski definition) is 4. The number of aromatic nitrogens is 1. The molecular weight excluding hydrogens is 302 g/mol. The van der Waals surface area contributed by atoms with E-state index in [1.54, 1.807) is 0 Å². The van der Waals surface area contributed by atoms with Crippen molar-refractivity contribution in [1.82, 2.24) is 15.2 Å². The Balaban J connectivity index is 1.76. The van der Waals surface area contributed by atoms with Crippen molar-refractivity contribution in [2.24, 2.45) is 0 Å². The van der Waals surface area contributed by atoms with E-state index in [0.717, 1.165) is 60.6 Å². The van der Waals surface area contributed by atoms with Gasteiger partial charge < -0.3 is 10.1 Å². The number of benzene rings is 1. The monoisotopic (exact) mass is 327 g/mol. The first-order valence-corrected chi connectivity index (χ1v) is 8.51. The smallest absolute Gasteiger partial charge is 0.252 e. The molecule has 0 atom stereocenters. The minimum Gasteiger partial charge on any atom is -0.379 e. The third-order valence-corrected chi connectivity index (χ3v) is 4.44. The summed E-state index contributed by atoms with van der Waals surface area (Å²) in [6.45, 7) is 11.0. The van der Waals surface area contributed by atoms with Gasteiger partial charge in [0.25, 0.3) is 5.91 Å². The quantitative estimate of drug-likeness (QED) is 0.935. The van der Waals surface area contributed by atoms with Crippen molar-refractivity contribution in [3.05, 3.63) is 40.6 Å². The Kier molecular flexibility index (Phi) is 5.11.